The number of benzene rings is 1. The highest BCUT2D eigenvalue weighted by Gasteiger charge is 2.32. The summed E-state index contributed by atoms with van der Waals surface area (Å²) in [5.41, 5.74) is 0.394. The molecule has 1 aromatic rings. The molecule has 150 valence electrons. The topological polar surface area (TPSA) is 79.9 Å². The van der Waals surface area contributed by atoms with Gasteiger partial charge in [0.05, 0.1) is 18.8 Å². The molecule has 0 bridgehead atoms. The lowest BCUT2D eigenvalue weighted by atomic mass is 10.2. The number of amides is 2. The van der Waals surface area contributed by atoms with Crippen molar-refractivity contribution < 1.29 is 23.5 Å². The van der Waals surface area contributed by atoms with Gasteiger partial charge in [-0.05, 0) is 25.0 Å². The molecule has 2 rings (SSSR count). The van der Waals surface area contributed by atoms with Gasteiger partial charge in [-0.2, -0.15) is 0 Å². The zero-order valence-electron chi connectivity index (χ0n) is 16.1. The fourth-order valence-corrected chi connectivity index (χ4v) is 2.87. The molecule has 0 aliphatic carbocycles. The van der Waals surface area contributed by atoms with E-state index < -0.39 is 18.0 Å². The second-order valence-corrected chi connectivity index (χ2v) is 6.48. The van der Waals surface area contributed by atoms with Gasteiger partial charge in [-0.25, -0.2) is 9.18 Å². The van der Waals surface area contributed by atoms with Gasteiger partial charge >= 0.3 is 6.09 Å². The first kappa shape index (κ1) is 21.0. The van der Waals surface area contributed by atoms with E-state index in [1.807, 2.05) is 0 Å². The number of halogens is 1. The Bertz CT molecular complexity index is 652. The van der Waals surface area contributed by atoms with E-state index in [4.69, 9.17) is 9.47 Å². The van der Waals surface area contributed by atoms with Gasteiger partial charge in [0.2, 0.25) is 5.91 Å². The number of cyclic esters (lactones) is 1. The number of ether oxygens (including phenoxy) is 2. The lowest BCUT2D eigenvalue weighted by Gasteiger charge is -2.16. The van der Waals surface area contributed by atoms with Gasteiger partial charge in [0.1, 0.15) is 12.7 Å². The van der Waals surface area contributed by atoms with Gasteiger partial charge in [-0.1, -0.05) is 13.8 Å². The van der Waals surface area contributed by atoms with Gasteiger partial charge in [-0.15, -0.1) is 0 Å². The summed E-state index contributed by atoms with van der Waals surface area (Å²) in [6.07, 6.45) is 1.05. The standard InChI is InChI=1S/C19H28FN3O4/c1-4-14(5-2)21-8-9-26-18-7-6-15(10-17(18)20)23-12-16(27-19(23)25)11-22-13(3)24/h6-7,10,14,16,21H,4-5,8-9,11-12H2,1-3H3,(H,22,24)/t16-/m0/s1. The summed E-state index contributed by atoms with van der Waals surface area (Å²) in [6, 6.07) is 4.82. The van der Waals surface area contributed by atoms with Crippen LogP contribution in [0.4, 0.5) is 14.9 Å². The van der Waals surface area contributed by atoms with E-state index in [2.05, 4.69) is 24.5 Å². The number of rotatable bonds is 10. The Kier molecular flexibility index (Phi) is 7.84. The molecule has 0 saturated carbocycles. The predicted octanol–water partition coefficient (Wildman–Crippen LogP) is 2.44. The molecule has 1 aliphatic rings. The Hall–Kier alpha value is -2.35. The van der Waals surface area contributed by atoms with Crippen LogP contribution in [0.1, 0.15) is 33.6 Å². The predicted molar refractivity (Wildman–Crippen MR) is 101 cm³/mol. The number of anilines is 1. The molecule has 1 aromatic carbocycles. The minimum Gasteiger partial charge on any atom is -0.489 e. The fourth-order valence-electron chi connectivity index (χ4n) is 2.87. The number of hydrogen-bond donors (Lipinski definition) is 2. The third kappa shape index (κ3) is 6.09. The van der Waals surface area contributed by atoms with Crippen LogP contribution in [0, 0.1) is 5.82 Å². The summed E-state index contributed by atoms with van der Waals surface area (Å²) in [4.78, 5) is 24.3. The van der Waals surface area contributed by atoms with Crippen LogP contribution >= 0.6 is 0 Å². The van der Waals surface area contributed by atoms with Crippen molar-refractivity contribution in [3.63, 3.8) is 0 Å². The summed E-state index contributed by atoms with van der Waals surface area (Å²) in [5, 5.41) is 5.95. The highest BCUT2D eigenvalue weighted by molar-refractivity contribution is 5.89. The van der Waals surface area contributed by atoms with E-state index in [1.54, 1.807) is 6.07 Å². The third-order valence-electron chi connectivity index (χ3n) is 4.46. The molecule has 1 aliphatic heterocycles. The quantitative estimate of drug-likeness (QED) is 0.609. The molecule has 2 N–H and O–H groups in total. The first-order valence-corrected chi connectivity index (χ1v) is 9.32. The maximum atomic E-state index is 14.3. The van der Waals surface area contributed by atoms with Crippen molar-refractivity contribution in [1.82, 2.24) is 10.6 Å². The second-order valence-electron chi connectivity index (χ2n) is 6.48. The molecule has 0 aromatic heterocycles. The van der Waals surface area contributed by atoms with E-state index in [9.17, 15) is 14.0 Å². The summed E-state index contributed by atoms with van der Waals surface area (Å²) >= 11 is 0. The Morgan fingerprint density at radius 3 is 2.78 bits per heavy atom. The molecule has 0 radical (unpaired) electrons. The Morgan fingerprint density at radius 1 is 1.41 bits per heavy atom. The van der Waals surface area contributed by atoms with Crippen molar-refractivity contribution in [3.8, 4) is 5.75 Å². The monoisotopic (exact) mass is 381 g/mol. The van der Waals surface area contributed by atoms with Gasteiger partial charge in [0.25, 0.3) is 0 Å². The molecular formula is C19H28FN3O4. The van der Waals surface area contributed by atoms with Crippen LogP contribution in [0.15, 0.2) is 18.2 Å². The highest BCUT2D eigenvalue weighted by Crippen LogP contribution is 2.27. The van der Waals surface area contributed by atoms with Crippen LogP contribution in [0.2, 0.25) is 0 Å². The maximum absolute atomic E-state index is 14.3. The largest absolute Gasteiger partial charge is 0.489 e. The van der Waals surface area contributed by atoms with Crippen LogP contribution in [0.5, 0.6) is 5.75 Å². The average Bonchev–Trinajstić information content (AvgIpc) is 3.02. The summed E-state index contributed by atoms with van der Waals surface area (Å²) in [7, 11) is 0. The van der Waals surface area contributed by atoms with E-state index >= 15 is 0 Å². The molecule has 27 heavy (non-hydrogen) atoms. The van der Waals surface area contributed by atoms with Crippen LogP contribution < -0.4 is 20.3 Å². The Balaban J connectivity index is 1.88. The normalized spacial score (nSPS) is 16.6. The van der Waals surface area contributed by atoms with Crippen molar-refractivity contribution in [2.45, 2.75) is 45.8 Å². The second kappa shape index (κ2) is 10.1. The van der Waals surface area contributed by atoms with Crippen molar-refractivity contribution in [2.75, 3.05) is 31.1 Å². The molecule has 2 amide bonds. The average molecular weight is 381 g/mol. The number of carbonyl (C=O) groups excluding carboxylic acids is 2. The number of nitrogens with one attached hydrogen (secondary N) is 2. The Labute approximate surface area is 159 Å². The van der Waals surface area contributed by atoms with Crippen molar-refractivity contribution in [1.29, 1.82) is 0 Å². The van der Waals surface area contributed by atoms with Gasteiger partial charge in [0, 0.05) is 25.6 Å². The van der Waals surface area contributed by atoms with Crippen molar-refractivity contribution >= 4 is 17.7 Å². The molecular weight excluding hydrogens is 353 g/mol. The van der Waals surface area contributed by atoms with E-state index in [-0.39, 0.29) is 24.7 Å². The molecule has 1 atom stereocenters. The Morgan fingerprint density at radius 2 is 2.15 bits per heavy atom. The van der Waals surface area contributed by atoms with Crippen molar-refractivity contribution in [3.05, 3.63) is 24.0 Å². The molecule has 0 unspecified atom stereocenters. The van der Waals surface area contributed by atoms with Crippen molar-refractivity contribution in [2.24, 2.45) is 0 Å². The number of nitrogens with zero attached hydrogens (tertiary/aromatic N) is 1. The lowest BCUT2D eigenvalue weighted by molar-refractivity contribution is -0.119. The molecule has 0 spiro atoms. The van der Waals surface area contributed by atoms with Crippen LogP contribution in [-0.2, 0) is 9.53 Å². The number of hydrogen-bond acceptors (Lipinski definition) is 5. The van der Waals surface area contributed by atoms with E-state index in [0.717, 1.165) is 12.8 Å². The smallest absolute Gasteiger partial charge is 0.414 e. The van der Waals surface area contributed by atoms with Gasteiger partial charge < -0.3 is 20.1 Å². The fraction of sp³-hybridized carbons (Fsp3) is 0.579. The third-order valence-corrected chi connectivity index (χ3v) is 4.46. The lowest BCUT2D eigenvalue weighted by Crippen LogP contribution is -2.33. The summed E-state index contributed by atoms with van der Waals surface area (Å²) in [5.74, 6) is -0.587. The minimum absolute atomic E-state index is 0.146. The van der Waals surface area contributed by atoms with Crippen LogP contribution in [0.25, 0.3) is 0 Å². The summed E-state index contributed by atoms with van der Waals surface area (Å²) in [6.45, 7) is 7.09. The van der Waals surface area contributed by atoms with Crippen LogP contribution in [-0.4, -0.2) is 50.4 Å². The zero-order valence-corrected chi connectivity index (χ0v) is 16.1. The number of carbonyl (C=O) groups is 2. The summed E-state index contributed by atoms with van der Waals surface area (Å²) < 4.78 is 25.0. The maximum Gasteiger partial charge on any atom is 0.414 e. The van der Waals surface area contributed by atoms with Gasteiger partial charge in [-0.3, -0.25) is 9.69 Å². The minimum atomic E-state index is -0.562. The molecule has 1 heterocycles. The molecule has 1 fully saturated rings. The van der Waals surface area contributed by atoms with E-state index in [1.165, 1.54) is 24.0 Å². The first-order valence-electron chi connectivity index (χ1n) is 9.32. The molecule has 1 saturated heterocycles. The SMILES string of the molecule is CCC(CC)NCCOc1ccc(N2C[C@H](CNC(C)=O)OC2=O)cc1F. The highest BCUT2D eigenvalue weighted by atomic mass is 19.1. The molecule has 7 nitrogen and oxygen atoms in total. The van der Waals surface area contributed by atoms with E-state index in [0.29, 0.717) is 24.9 Å². The first-order chi connectivity index (χ1) is 12.9. The zero-order chi connectivity index (χ0) is 19.8. The van der Waals surface area contributed by atoms with Gasteiger partial charge in [0.15, 0.2) is 11.6 Å². The molecule has 8 heteroatoms. The van der Waals surface area contributed by atoms with Crippen LogP contribution in [0.3, 0.4) is 0 Å².